The van der Waals surface area contributed by atoms with Crippen LogP contribution in [0.4, 0.5) is 10.1 Å². The van der Waals surface area contributed by atoms with Crippen molar-refractivity contribution in [2.24, 2.45) is 0 Å². The van der Waals surface area contributed by atoms with Gasteiger partial charge in [0.15, 0.2) is 0 Å². The summed E-state index contributed by atoms with van der Waals surface area (Å²) in [5.41, 5.74) is 0.424. The molecule has 0 spiro atoms. The molecule has 2 amide bonds. The molecule has 2 N–H and O–H groups in total. The lowest BCUT2D eigenvalue weighted by Gasteiger charge is -2.32. The number of anilines is 1. The minimum Gasteiger partial charge on any atom is -0.337 e. The summed E-state index contributed by atoms with van der Waals surface area (Å²) in [6.07, 6.45) is 1.90. The Bertz CT molecular complexity index is 548. The van der Waals surface area contributed by atoms with E-state index in [4.69, 9.17) is 0 Å². The van der Waals surface area contributed by atoms with Gasteiger partial charge >= 0.3 is 0 Å². The summed E-state index contributed by atoms with van der Waals surface area (Å²) in [4.78, 5) is 25.2. The SMILES string of the molecule is CNC1CCCN(C(=O)c2cc(NC(C)=O)ccc2F)C1. The third-order valence-corrected chi connectivity index (χ3v) is 3.63. The van der Waals surface area contributed by atoms with E-state index in [0.29, 0.717) is 18.8 Å². The molecule has 1 atom stereocenters. The van der Waals surface area contributed by atoms with Crippen molar-refractivity contribution in [3.05, 3.63) is 29.6 Å². The fourth-order valence-corrected chi connectivity index (χ4v) is 2.54. The van der Waals surface area contributed by atoms with Crippen molar-refractivity contribution in [1.82, 2.24) is 10.2 Å². The van der Waals surface area contributed by atoms with E-state index in [1.165, 1.54) is 25.1 Å². The van der Waals surface area contributed by atoms with E-state index >= 15 is 0 Å². The monoisotopic (exact) mass is 293 g/mol. The van der Waals surface area contributed by atoms with E-state index in [1.807, 2.05) is 7.05 Å². The highest BCUT2D eigenvalue weighted by molar-refractivity contribution is 5.97. The Hall–Kier alpha value is -1.95. The van der Waals surface area contributed by atoms with Gasteiger partial charge in [-0.1, -0.05) is 0 Å². The standard InChI is InChI=1S/C15H20FN3O2/c1-10(20)18-11-5-6-14(16)13(8-11)15(21)19-7-3-4-12(9-19)17-2/h5-6,8,12,17H,3-4,7,9H2,1-2H3,(H,18,20). The lowest BCUT2D eigenvalue weighted by molar-refractivity contribution is -0.114. The summed E-state index contributed by atoms with van der Waals surface area (Å²) in [6.45, 7) is 2.56. The topological polar surface area (TPSA) is 61.4 Å². The van der Waals surface area contributed by atoms with Gasteiger partial charge in [-0.15, -0.1) is 0 Å². The number of halogens is 1. The van der Waals surface area contributed by atoms with Crippen LogP contribution in [0.5, 0.6) is 0 Å². The van der Waals surface area contributed by atoms with E-state index in [-0.39, 0.29) is 23.4 Å². The normalized spacial score (nSPS) is 18.4. The summed E-state index contributed by atoms with van der Waals surface area (Å²) >= 11 is 0. The lowest BCUT2D eigenvalue weighted by atomic mass is 10.0. The van der Waals surface area contributed by atoms with Gasteiger partial charge in [-0.25, -0.2) is 4.39 Å². The largest absolute Gasteiger partial charge is 0.337 e. The molecule has 21 heavy (non-hydrogen) atoms. The van der Waals surface area contributed by atoms with E-state index in [1.54, 1.807) is 4.90 Å². The molecule has 1 aromatic rings. The van der Waals surface area contributed by atoms with Crippen molar-refractivity contribution in [3.63, 3.8) is 0 Å². The van der Waals surface area contributed by atoms with Crippen LogP contribution in [0, 0.1) is 5.82 Å². The summed E-state index contributed by atoms with van der Waals surface area (Å²) in [5, 5.41) is 5.71. The first-order valence-corrected chi connectivity index (χ1v) is 7.05. The van der Waals surface area contributed by atoms with Crippen molar-refractivity contribution < 1.29 is 14.0 Å². The Morgan fingerprint density at radius 1 is 1.38 bits per heavy atom. The molecule has 1 unspecified atom stereocenters. The maximum atomic E-state index is 13.9. The molecule has 0 bridgehead atoms. The lowest BCUT2D eigenvalue weighted by Crippen LogP contribution is -2.47. The summed E-state index contributed by atoms with van der Waals surface area (Å²) in [5.74, 6) is -1.16. The van der Waals surface area contributed by atoms with Crippen LogP contribution in [-0.2, 0) is 4.79 Å². The molecule has 0 saturated carbocycles. The van der Waals surface area contributed by atoms with Crippen molar-refractivity contribution in [1.29, 1.82) is 0 Å². The summed E-state index contributed by atoms with van der Waals surface area (Å²) in [6, 6.07) is 4.28. The maximum Gasteiger partial charge on any atom is 0.256 e. The molecule has 2 rings (SSSR count). The molecule has 1 saturated heterocycles. The van der Waals surface area contributed by atoms with Crippen LogP contribution in [0.25, 0.3) is 0 Å². The number of nitrogens with zero attached hydrogens (tertiary/aromatic N) is 1. The maximum absolute atomic E-state index is 13.9. The van der Waals surface area contributed by atoms with Crippen molar-refractivity contribution >= 4 is 17.5 Å². The Morgan fingerprint density at radius 2 is 2.14 bits per heavy atom. The Labute approximate surface area is 123 Å². The van der Waals surface area contributed by atoms with Gasteiger partial charge in [0.25, 0.3) is 5.91 Å². The Kier molecular flexibility index (Phi) is 4.90. The number of rotatable bonds is 3. The van der Waals surface area contributed by atoms with Crippen LogP contribution >= 0.6 is 0 Å². The van der Waals surface area contributed by atoms with Crippen molar-refractivity contribution in [2.45, 2.75) is 25.8 Å². The highest BCUT2D eigenvalue weighted by Gasteiger charge is 2.25. The van der Waals surface area contributed by atoms with Crippen molar-refractivity contribution in [3.8, 4) is 0 Å². The Balaban J connectivity index is 2.19. The predicted molar refractivity (Wildman–Crippen MR) is 78.7 cm³/mol. The van der Waals surface area contributed by atoms with Gasteiger partial charge in [-0.05, 0) is 38.1 Å². The number of amides is 2. The van der Waals surface area contributed by atoms with Gasteiger partial charge < -0.3 is 15.5 Å². The molecule has 1 aliphatic heterocycles. The second kappa shape index (κ2) is 6.67. The number of hydrogen-bond acceptors (Lipinski definition) is 3. The highest BCUT2D eigenvalue weighted by atomic mass is 19.1. The average Bonchev–Trinajstić information content (AvgIpc) is 2.48. The molecule has 1 heterocycles. The van der Waals surface area contributed by atoms with Crippen LogP contribution < -0.4 is 10.6 Å². The second-order valence-electron chi connectivity index (χ2n) is 5.25. The molecule has 0 radical (unpaired) electrons. The van der Waals surface area contributed by atoms with Gasteiger partial charge in [-0.2, -0.15) is 0 Å². The molecule has 1 aromatic carbocycles. The molecule has 0 aliphatic carbocycles. The first kappa shape index (κ1) is 15.4. The van der Waals surface area contributed by atoms with Gasteiger partial charge in [0.05, 0.1) is 5.56 Å². The Morgan fingerprint density at radius 3 is 2.81 bits per heavy atom. The van der Waals surface area contributed by atoms with Crippen molar-refractivity contribution in [2.75, 3.05) is 25.5 Å². The van der Waals surface area contributed by atoms with Crippen LogP contribution in [0.3, 0.4) is 0 Å². The number of benzene rings is 1. The molecular weight excluding hydrogens is 273 g/mol. The van der Waals surface area contributed by atoms with Crippen LogP contribution in [-0.4, -0.2) is 42.9 Å². The zero-order valence-electron chi connectivity index (χ0n) is 12.3. The highest BCUT2D eigenvalue weighted by Crippen LogP contribution is 2.19. The number of hydrogen-bond donors (Lipinski definition) is 2. The number of likely N-dealkylation sites (N-methyl/N-ethyl adjacent to an activating group) is 1. The number of piperidine rings is 1. The minimum atomic E-state index is -0.569. The number of carbonyl (C=O) groups is 2. The van der Waals surface area contributed by atoms with Crippen LogP contribution in [0.1, 0.15) is 30.1 Å². The third-order valence-electron chi connectivity index (χ3n) is 3.63. The molecule has 6 heteroatoms. The van der Waals surface area contributed by atoms with E-state index in [2.05, 4.69) is 10.6 Å². The van der Waals surface area contributed by atoms with E-state index in [9.17, 15) is 14.0 Å². The number of nitrogens with one attached hydrogen (secondary N) is 2. The van der Waals surface area contributed by atoms with Gasteiger partial charge in [0.2, 0.25) is 5.91 Å². The molecule has 1 fully saturated rings. The molecule has 1 aliphatic rings. The number of carbonyl (C=O) groups excluding carboxylic acids is 2. The van der Waals surface area contributed by atoms with Gasteiger partial charge in [0.1, 0.15) is 5.82 Å². The van der Waals surface area contributed by atoms with Crippen LogP contribution in [0.2, 0.25) is 0 Å². The molecule has 0 aromatic heterocycles. The number of likely N-dealkylation sites (tertiary alicyclic amines) is 1. The molecular formula is C15H20FN3O2. The van der Waals surface area contributed by atoms with E-state index in [0.717, 1.165) is 12.8 Å². The third kappa shape index (κ3) is 3.78. The minimum absolute atomic E-state index is 0.00185. The van der Waals surface area contributed by atoms with Gasteiger partial charge in [-0.3, -0.25) is 9.59 Å². The van der Waals surface area contributed by atoms with Gasteiger partial charge in [0, 0.05) is 31.7 Å². The zero-order chi connectivity index (χ0) is 15.4. The average molecular weight is 293 g/mol. The summed E-state index contributed by atoms with van der Waals surface area (Å²) < 4.78 is 13.9. The first-order chi connectivity index (χ1) is 10.0. The first-order valence-electron chi connectivity index (χ1n) is 7.05. The zero-order valence-corrected chi connectivity index (χ0v) is 12.3. The van der Waals surface area contributed by atoms with Crippen LogP contribution in [0.15, 0.2) is 18.2 Å². The molecule has 114 valence electrons. The quantitative estimate of drug-likeness (QED) is 0.890. The fraction of sp³-hybridized carbons (Fsp3) is 0.467. The predicted octanol–water partition coefficient (Wildman–Crippen LogP) is 1.61. The van der Waals surface area contributed by atoms with E-state index < -0.39 is 5.82 Å². The fourth-order valence-electron chi connectivity index (χ4n) is 2.54. The second-order valence-corrected chi connectivity index (χ2v) is 5.25. The smallest absolute Gasteiger partial charge is 0.256 e. The molecule has 5 nitrogen and oxygen atoms in total. The summed E-state index contributed by atoms with van der Waals surface area (Å²) in [7, 11) is 1.86.